The largest absolute Gasteiger partial charge is 0.384 e. The van der Waals surface area contributed by atoms with E-state index in [1.165, 1.54) is 18.2 Å². The highest BCUT2D eigenvalue weighted by Crippen LogP contribution is 2.13. The zero-order chi connectivity index (χ0) is 14.4. The molecule has 1 aliphatic heterocycles. The second-order valence-corrected chi connectivity index (χ2v) is 4.59. The molecule has 2 rings (SSSR count). The lowest BCUT2D eigenvalue weighted by Gasteiger charge is -2.10. The van der Waals surface area contributed by atoms with Crippen LogP contribution in [0.4, 0.5) is 4.39 Å². The van der Waals surface area contributed by atoms with E-state index < -0.39 is 11.7 Å². The van der Waals surface area contributed by atoms with Crippen LogP contribution in [0.25, 0.3) is 0 Å². The van der Waals surface area contributed by atoms with E-state index in [-0.39, 0.29) is 12.2 Å². The number of halogens is 1. The van der Waals surface area contributed by atoms with Crippen molar-refractivity contribution in [3.05, 3.63) is 35.1 Å². The second kappa shape index (κ2) is 7.04. The molecule has 1 aromatic rings. The van der Waals surface area contributed by atoms with Crippen LogP contribution in [-0.4, -0.2) is 37.4 Å². The van der Waals surface area contributed by atoms with Crippen LogP contribution in [0, 0.1) is 23.6 Å². The third-order valence-electron chi connectivity index (χ3n) is 3.10. The number of aliphatic hydroxyl groups is 1. The molecule has 4 nitrogen and oxygen atoms in total. The van der Waals surface area contributed by atoms with Gasteiger partial charge < -0.3 is 15.2 Å². The number of amides is 1. The SMILES string of the molecule is O=C(NCC1CCOC1)c1cc(C#CCO)ccc1F. The van der Waals surface area contributed by atoms with Gasteiger partial charge in [-0.1, -0.05) is 11.8 Å². The second-order valence-electron chi connectivity index (χ2n) is 4.59. The van der Waals surface area contributed by atoms with Gasteiger partial charge in [-0.15, -0.1) is 0 Å². The molecule has 1 heterocycles. The van der Waals surface area contributed by atoms with Gasteiger partial charge in [0.15, 0.2) is 0 Å². The van der Waals surface area contributed by atoms with Crippen molar-refractivity contribution in [3.63, 3.8) is 0 Å². The fourth-order valence-corrected chi connectivity index (χ4v) is 2.00. The summed E-state index contributed by atoms with van der Waals surface area (Å²) in [5.74, 6) is 4.36. The van der Waals surface area contributed by atoms with Crippen LogP contribution in [-0.2, 0) is 4.74 Å². The minimum Gasteiger partial charge on any atom is -0.384 e. The summed E-state index contributed by atoms with van der Waals surface area (Å²) in [5, 5.41) is 11.3. The summed E-state index contributed by atoms with van der Waals surface area (Å²) in [5.41, 5.74) is 0.462. The van der Waals surface area contributed by atoms with E-state index in [1.54, 1.807) is 0 Å². The Kier molecular flexibility index (Phi) is 5.10. The van der Waals surface area contributed by atoms with Gasteiger partial charge in [0, 0.05) is 24.6 Å². The van der Waals surface area contributed by atoms with Crippen LogP contribution >= 0.6 is 0 Å². The van der Waals surface area contributed by atoms with Crippen molar-refractivity contribution in [2.45, 2.75) is 6.42 Å². The normalized spacial score (nSPS) is 17.4. The molecule has 0 saturated carbocycles. The predicted octanol–water partition coefficient (Wildman–Crippen LogP) is 0.936. The Morgan fingerprint density at radius 1 is 1.55 bits per heavy atom. The highest BCUT2D eigenvalue weighted by Gasteiger charge is 2.18. The fraction of sp³-hybridized carbons (Fsp3) is 0.400. The van der Waals surface area contributed by atoms with E-state index >= 15 is 0 Å². The molecule has 1 amide bonds. The van der Waals surface area contributed by atoms with Gasteiger partial charge in [0.1, 0.15) is 12.4 Å². The molecule has 2 N–H and O–H groups in total. The molecular formula is C15H16FNO3. The van der Waals surface area contributed by atoms with Gasteiger partial charge in [-0.05, 0) is 24.6 Å². The molecule has 5 heteroatoms. The van der Waals surface area contributed by atoms with Gasteiger partial charge >= 0.3 is 0 Å². The molecule has 0 radical (unpaired) electrons. The van der Waals surface area contributed by atoms with Crippen molar-refractivity contribution in [2.75, 3.05) is 26.4 Å². The van der Waals surface area contributed by atoms with Crippen LogP contribution < -0.4 is 5.32 Å². The monoisotopic (exact) mass is 277 g/mol. The maximum absolute atomic E-state index is 13.7. The number of nitrogens with one attached hydrogen (secondary N) is 1. The number of benzene rings is 1. The fourth-order valence-electron chi connectivity index (χ4n) is 2.00. The van der Waals surface area contributed by atoms with E-state index in [1.807, 2.05) is 0 Å². The molecule has 20 heavy (non-hydrogen) atoms. The highest BCUT2D eigenvalue weighted by atomic mass is 19.1. The first-order valence-electron chi connectivity index (χ1n) is 6.46. The summed E-state index contributed by atoms with van der Waals surface area (Å²) < 4.78 is 18.9. The van der Waals surface area contributed by atoms with Crippen molar-refractivity contribution < 1.29 is 19.0 Å². The summed E-state index contributed by atoms with van der Waals surface area (Å²) in [6, 6.07) is 4.06. The standard InChI is InChI=1S/C15H16FNO3/c16-14-4-3-11(2-1-6-18)8-13(14)15(19)17-9-12-5-7-20-10-12/h3-4,8,12,18H,5-7,9-10H2,(H,17,19). The summed E-state index contributed by atoms with van der Waals surface area (Å²) in [6.07, 6.45) is 0.908. The molecular weight excluding hydrogens is 261 g/mol. The van der Waals surface area contributed by atoms with Crippen LogP contribution in [0.3, 0.4) is 0 Å². The third-order valence-corrected chi connectivity index (χ3v) is 3.10. The lowest BCUT2D eigenvalue weighted by molar-refractivity contribution is 0.0941. The van der Waals surface area contributed by atoms with Gasteiger partial charge in [0.2, 0.25) is 0 Å². The number of hydrogen-bond donors (Lipinski definition) is 2. The summed E-state index contributed by atoms with van der Waals surface area (Å²) in [4.78, 5) is 12.0. The van der Waals surface area contributed by atoms with Crippen molar-refractivity contribution in [2.24, 2.45) is 5.92 Å². The number of rotatable bonds is 3. The molecule has 0 bridgehead atoms. The Balaban J connectivity index is 2.03. The number of aliphatic hydroxyl groups excluding tert-OH is 1. The number of carbonyl (C=O) groups excluding carboxylic acids is 1. The van der Waals surface area contributed by atoms with Gasteiger partial charge in [-0.2, -0.15) is 0 Å². The zero-order valence-electron chi connectivity index (χ0n) is 11.0. The highest BCUT2D eigenvalue weighted by molar-refractivity contribution is 5.94. The Hall–Kier alpha value is -1.90. The number of hydrogen-bond acceptors (Lipinski definition) is 3. The van der Waals surface area contributed by atoms with Crippen LogP contribution in [0.5, 0.6) is 0 Å². The van der Waals surface area contributed by atoms with Crippen molar-refractivity contribution >= 4 is 5.91 Å². The summed E-state index contributed by atoms with van der Waals surface area (Å²) in [6.45, 7) is 1.54. The molecule has 1 atom stereocenters. The quantitative estimate of drug-likeness (QED) is 0.808. The van der Waals surface area contributed by atoms with Gasteiger partial charge in [0.05, 0.1) is 12.2 Å². The Labute approximate surface area is 116 Å². The first-order chi connectivity index (χ1) is 9.70. The first kappa shape index (κ1) is 14.5. The van der Waals surface area contributed by atoms with E-state index in [0.29, 0.717) is 31.2 Å². The van der Waals surface area contributed by atoms with Gasteiger partial charge in [0.25, 0.3) is 5.91 Å². The molecule has 0 spiro atoms. The van der Waals surface area contributed by atoms with E-state index in [0.717, 1.165) is 6.42 Å². The Morgan fingerprint density at radius 3 is 3.10 bits per heavy atom. The molecule has 1 unspecified atom stereocenters. The van der Waals surface area contributed by atoms with Gasteiger partial charge in [-0.25, -0.2) is 4.39 Å². The number of ether oxygens (including phenoxy) is 1. The molecule has 0 aromatic heterocycles. The van der Waals surface area contributed by atoms with E-state index in [2.05, 4.69) is 17.2 Å². The maximum Gasteiger partial charge on any atom is 0.254 e. The minimum absolute atomic E-state index is 0.0337. The lowest BCUT2D eigenvalue weighted by Crippen LogP contribution is -2.30. The van der Waals surface area contributed by atoms with Crippen LogP contribution in [0.1, 0.15) is 22.3 Å². The van der Waals surface area contributed by atoms with Crippen molar-refractivity contribution in [1.82, 2.24) is 5.32 Å². The molecule has 0 aliphatic carbocycles. The topological polar surface area (TPSA) is 58.6 Å². The zero-order valence-corrected chi connectivity index (χ0v) is 11.0. The molecule has 106 valence electrons. The minimum atomic E-state index is -0.584. The predicted molar refractivity (Wildman–Crippen MR) is 71.6 cm³/mol. The van der Waals surface area contributed by atoms with Crippen LogP contribution in [0.2, 0.25) is 0 Å². The van der Waals surface area contributed by atoms with Crippen molar-refractivity contribution in [3.8, 4) is 11.8 Å². The number of carbonyl (C=O) groups is 1. The van der Waals surface area contributed by atoms with E-state index in [4.69, 9.17) is 9.84 Å². The Bertz CT molecular complexity index is 542. The molecule has 1 fully saturated rings. The summed E-state index contributed by atoms with van der Waals surface area (Å²) in [7, 11) is 0. The smallest absolute Gasteiger partial charge is 0.254 e. The molecule has 1 aromatic carbocycles. The maximum atomic E-state index is 13.7. The van der Waals surface area contributed by atoms with Crippen LogP contribution in [0.15, 0.2) is 18.2 Å². The average Bonchev–Trinajstić information content (AvgIpc) is 2.97. The van der Waals surface area contributed by atoms with E-state index in [9.17, 15) is 9.18 Å². The first-order valence-corrected chi connectivity index (χ1v) is 6.46. The average molecular weight is 277 g/mol. The molecule has 1 saturated heterocycles. The third kappa shape index (κ3) is 3.80. The lowest BCUT2D eigenvalue weighted by atomic mass is 10.1. The van der Waals surface area contributed by atoms with Crippen molar-refractivity contribution in [1.29, 1.82) is 0 Å². The van der Waals surface area contributed by atoms with Gasteiger partial charge in [-0.3, -0.25) is 4.79 Å². The molecule has 1 aliphatic rings. The Morgan fingerprint density at radius 2 is 2.40 bits per heavy atom. The summed E-state index contributed by atoms with van der Waals surface area (Å²) >= 11 is 0.